The summed E-state index contributed by atoms with van der Waals surface area (Å²) >= 11 is 7.86. The number of rotatable bonds is 16. The van der Waals surface area contributed by atoms with Crippen molar-refractivity contribution in [1.82, 2.24) is 14.8 Å². The number of carbonyl (C=O) groups excluding carboxylic acids is 1. The molecule has 0 spiro atoms. The summed E-state index contributed by atoms with van der Waals surface area (Å²) in [6, 6.07) is 13.0. The molecule has 2 heterocycles. The van der Waals surface area contributed by atoms with Crippen LogP contribution in [0.1, 0.15) is 83.4 Å². The molecule has 4 rings (SSSR count). The summed E-state index contributed by atoms with van der Waals surface area (Å²) < 4.78 is 19.6. The zero-order valence-electron chi connectivity index (χ0n) is 25.0. The van der Waals surface area contributed by atoms with Gasteiger partial charge in [-0.15, -0.1) is 5.10 Å². The van der Waals surface area contributed by atoms with Crippen LogP contribution in [0.3, 0.4) is 0 Å². The molecule has 0 fully saturated rings. The van der Waals surface area contributed by atoms with Crippen molar-refractivity contribution < 1.29 is 19.0 Å². The number of benzene rings is 2. The first-order chi connectivity index (χ1) is 20.5. The van der Waals surface area contributed by atoms with Crippen LogP contribution >= 0.6 is 23.4 Å². The van der Waals surface area contributed by atoms with Crippen molar-refractivity contribution in [1.29, 1.82) is 0 Å². The van der Waals surface area contributed by atoms with Gasteiger partial charge in [0.2, 0.25) is 11.1 Å². The zero-order valence-corrected chi connectivity index (χ0v) is 26.5. The number of hydrogen-bond donors (Lipinski definition) is 1. The maximum atomic E-state index is 13.5. The first-order valence-corrected chi connectivity index (χ1v) is 16.2. The molecular weight excluding hydrogens is 572 g/mol. The monoisotopic (exact) mass is 612 g/mol. The smallest absolute Gasteiger partial charge is 0.338 e. The molecule has 1 atom stereocenters. The minimum atomic E-state index is -0.560. The fourth-order valence-corrected chi connectivity index (χ4v) is 5.82. The van der Waals surface area contributed by atoms with Crippen LogP contribution in [0, 0.1) is 0 Å². The van der Waals surface area contributed by atoms with E-state index in [1.54, 1.807) is 4.68 Å². The molecule has 1 aromatic heterocycles. The number of hydrogen-bond acceptors (Lipinski definition) is 8. The first-order valence-electron chi connectivity index (χ1n) is 14.8. The summed E-state index contributed by atoms with van der Waals surface area (Å²) in [6.45, 7) is 9.54. The lowest BCUT2D eigenvalue weighted by atomic mass is 9.95. The Morgan fingerprint density at radius 3 is 2.57 bits per heavy atom. The van der Waals surface area contributed by atoms with Crippen molar-refractivity contribution in [2.45, 2.75) is 83.2 Å². The van der Waals surface area contributed by atoms with E-state index in [0.29, 0.717) is 64.5 Å². The highest BCUT2D eigenvalue weighted by Crippen LogP contribution is 2.40. The van der Waals surface area contributed by atoms with E-state index in [1.165, 1.54) is 24.6 Å². The number of fused-ring (bicyclic) bond motifs is 1. The number of thioether (sulfide) groups is 1. The lowest BCUT2D eigenvalue weighted by Crippen LogP contribution is -2.30. The van der Waals surface area contributed by atoms with E-state index in [2.05, 4.69) is 19.2 Å². The molecule has 2 aromatic carbocycles. The number of halogens is 1. The quantitative estimate of drug-likeness (QED) is 0.0983. The Hall–Kier alpha value is -3.17. The topological polar surface area (TPSA) is 87.5 Å². The third-order valence-corrected chi connectivity index (χ3v) is 8.19. The van der Waals surface area contributed by atoms with E-state index < -0.39 is 6.04 Å². The Kier molecular flexibility index (Phi) is 12.0. The van der Waals surface area contributed by atoms with Crippen LogP contribution < -0.4 is 14.8 Å². The molecule has 1 aliphatic heterocycles. The minimum Gasteiger partial charge on any atom is -0.490 e. The van der Waals surface area contributed by atoms with Crippen LogP contribution in [0.2, 0.25) is 5.02 Å². The Bertz CT molecular complexity index is 1380. The predicted octanol–water partition coefficient (Wildman–Crippen LogP) is 8.21. The summed E-state index contributed by atoms with van der Waals surface area (Å²) in [5.41, 5.74) is 3.00. The fraction of sp³-hybridized carbons (Fsp3) is 0.469. The van der Waals surface area contributed by atoms with Crippen LogP contribution in [0.4, 0.5) is 5.95 Å². The molecule has 10 heteroatoms. The van der Waals surface area contributed by atoms with Crippen LogP contribution in [0.5, 0.6) is 11.5 Å². The summed E-state index contributed by atoms with van der Waals surface area (Å²) in [6.07, 6.45) is 6.22. The molecule has 0 aliphatic carbocycles. The lowest BCUT2D eigenvalue weighted by Gasteiger charge is -2.28. The van der Waals surface area contributed by atoms with Gasteiger partial charge in [-0.25, -0.2) is 9.48 Å². The van der Waals surface area contributed by atoms with E-state index in [4.69, 9.17) is 35.9 Å². The Balaban J connectivity index is 1.66. The summed E-state index contributed by atoms with van der Waals surface area (Å²) in [5, 5.41) is 9.40. The van der Waals surface area contributed by atoms with Gasteiger partial charge in [0.05, 0.1) is 25.4 Å². The molecule has 1 unspecified atom stereocenters. The molecule has 1 aliphatic rings. The molecule has 0 amide bonds. The van der Waals surface area contributed by atoms with Gasteiger partial charge in [-0.3, -0.25) is 0 Å². The highest BCUT2D eigenvalue weighted by molar-refractivity contribution is 7.98. The minimum absolute atomic E-state index is 0.358. The number of carbonyl (C=O) groups is 1. The van der Waals surface area contributed by atoms with Crippen LogP contribution in [0.15, 0.2) is 58.9 Å². The van der Waals surface area contributed by atoms with Crippen molar-refractivity contribution in [2.75, 3.05) is 25.1 Å². The maximum absolute atomic E-state index is 13.5. The highest BCUT2D eigenvalue weighted by atomic mass is 35.5. The standard InChI is InChI=1S/C32H41ClN4O4S/c1-5-8-10-13-19-40-26-17-16-23(20-27(26)39-7-3)29-28(30(38)41-18-9-6-2)22(4)34-31-35-32(36-37(29)31)42-21-24-14-11-12-15-25(24)33/h11-12,14-17,20,29H,5-10,13,18-19,21H2,1-4H3,(H,34,35,36). The SMILES string of the molecule is CCCCCCOc1ccc(C2C(C(=O)OCCCC)=C(C)Nc3nc(SCc4ccccc4Cl)nn32)cc1OCC. The Morgan fingerprint density at radius 2 is 1.81 bits per heavy atom. The predicted molar refractivity (Wildman–Crippen MR) is 169 cm³/mol. The van der Waals surface area contributed by atoms with E-state index in [0.717, 1.165) is 36.8 Å². The van der Waals surface area contributed by atoms with E-state index in [1.807, 2.05) is 56.3 Å². The molecule has 42 heavy (non-hydrogen) atoms. The molecule has 0 saturated heterocycles. The number of ether oxygens (including phenoxy) is 3. The summed E-state index contributed by atoms with van der Waals surface area (Å²) in [4.78, 5) is 18.2. The van der Waals surface area contributed by atoms with E-state index >= 15 is 0 Å². The average Bonchev–Trinajstić information content (AvgIpc) is 3.39. The van der Waals surface area contributed by atoms with Crippen molar-refractivity contribution in [3.63, 3.8) is 0 Å². The zero-order chi connectivity index (χ0) is 29.9. The van der Waals surface area contributed by atoms with Crippen LogP contribution in [-0.4, -0.2) is 40.6 Å². The average molecular weight is 613 g/mol. The van der Waals surface area contributed by atoms with Crippen LogP contribution in [-0.2, 0) is 15.3 Å². The van der Waals surface area contributed by atoms with Gasteiger partial charge in [0, 0.05) is 16.5 Å². The summed E-state index contributed by atoms with van der Waals surface area (Å²) in [5.74, 6) is 2.12. The highest BCUT2D eigenvalue weighted by Gasteiger charge is 2.36. The van der Waals surface area contributed by atoms with Gasteiger partial charge in [0.1, 0.15) is 6.04 Å². The lowest BCUT2D eigenvalue weighted by molar-refractivity contribution is -0.139. The van der Waals surface area contributed by atoms with Gasteiger partial charge in [0.15, 0.2) is 11.5 Å². The largest absolute Gasteiger partial charge is 0.490 e. The van der Waals surface area contributed by atoms with Crippen molar-refractivity contribution in [3.05, 3.63) is 69.9 Å². The first kappa shape index (κ1) is 31.8. The molecular formula is C32H41ClN4O4S. The Morgan fingerprint density at radius 1 is 1.00 bits per heavy atom. The van der Waals surface area contributed by atoms with Crippen LogP contribution in [0.25, 0.3) is 0 Å². The number of allylic oxidation sites excluding steroid dienone is 1. The van der Waals surface area contributed by atoms with Crippen molar-refractivity contribution in [2.24, 2.45) is 0 Å². The van der Waals surface area contributed by atoms with Gasteiger partial charge in [-0.2, -0.15) is 4.98 Å². The molecule has 0 saturated carbocycles. The second-order valence-electron chi connectivity index (χ2n) is 10.1. The van der Waals surface area contributed by atoms with Gasteiger partial charge in [0.25, 0.3) is 0 Å². The van der Waals surface area contributed by atoms with Crippen molar-refractivity contribution in [3.8, 4) is 11.5 Å². The van der Waals surface area contributed by atoms with Crippen molar-refractivity contribution >= 4 is 35.3 Å². The molecule has 226 valence electrons. The Labute approximate surface area is 258 Å². The van der Waals surface area contributed by atoms with Gasteiger partial charge >= 0.3 is 5.97 Å². The molecule has 0 bridgehead atoms. The third-order valence-electron chi connectivity index (χ3n) is 6.94. The molecule has 8 nitrogen and oxygen atoms in total. The number of nitrogens with zero attached hydrogens (tertiary/aromatic N) is 3. The van der Waals surface area contributed by atoms with E-state index in [-0.39, 0.29) is 5.97 Å². The number of anilines is 1. The second kappa shape index (κ2) is 15.9. The van der Waals surface area contributed by atoms with Gasteiger partial charge < -0.3 is 19.5 Å². The molecule has 3 aromatic rings. The number of nitrogens with one attached hydrogen (secondary N) is 1. The van der Waals surface area contributed by atoms with Gasteiger partial charge in [-0.1, -0.05) is 87.2 Å². The van der Waals surface area contributed by atoms with E-state index in [9.17, 15) is 4.79 Å². The molecule has 0 radical (unpaired) electrons. The fourth-order valence-electron chi connectivity index (χ4n) is 4.70. The number of aromatic nitrogens is 3. The third kappa shape index (κ3) is 8.01. The maximum Gasteiger partial charge on any atom is 0.338 e. The normalized spacial score (nSPS) is 14.4. The number of unbranched alkanes of at least 4 members (excludes halogenated alkanes) is 4. The second-order valence-corrected chi connectivity index (χ2v) is 11.5. The number of esters is 1. The van der Waals surface area contributed by atoms with Gasteiger partial charge in [-0.05, 0) is 56.0 Å². The summed E-state index contributed by atoms with van der Waals surface area (Å²) in [7, 11) is 0. The molecule has 1 N–H and O–H groups in total.